The molecule has 0 bridgehead atoms. The summed E-state index contributed by atoms with van der Waals surface area (Å²) in [7, 11) is 0. The van der Waals surface area contributed by atoms with Crippen LogP contribution in [-0.4, -0.2) is 16.2 Å². The minimum atomic E-state index is -0.337. The van der Waals surface area contributed by atoms with E-state index in [1.165, 1.54) is 4.70 Å². The van der Waals surface area contributed by atoms with E-state index in [4.69, 9.17) is 0 Å². The van der Waals surface area contributed by atoms with Crippen LogP contribution in [0, 0.1) is 0 Å². The Bertz CT molecular complexity index is 403. The van der Waals surface area contributed by atoms with Gasteiger partial charge in [0, 0.05) is 5.92 Å². The van der Waals surface area contributed by atoms with Gasteiger partial charge in [-0.1, -0.05) is 19.1 Å². The highest BCUT2D eigenvalue weighted by molar-refractivity contribution is 7.18. The monoisotopic (exact) mass is 207 g/mol. The molecule has 1 N–H and O–H groups in total. The minimum absolute atomic E-state index is 0.118. The van der Waals surface area contributed by atoms with E-state index >= 15 is 0 Å². The predicted octanol–water partition coefficient (Wildman–Crippen LogP) is 2.78. The van der Waals surface area contributed by atoms with Gasteiger partial charge < -0.3 is 5.11 Å². The van der Waals surface area contributed by atoms with Crippen LogP contribution in [0.25, 0.3) is 10.2 Å². The molecule has 0 aliphatic heterocycles. The summed E-state index contributed by atoms with van der Waals surface area (Å²) in [6.07, 6.45) is -0.337. The summed E-state index contributed by atoms with van der Waals surface area (Å²) in [5.41, 5.74) is 1.03. The quantitative estimate of drug-likeness (QED) is 0.821. The zero-order valence-electron chi connectivity index (χ0n) is 8.27. The molecule has 2 aromatic rings. The first-order valence-corrected chi connectivity index (χ1v) is 5.53. The number of nitrogens with zero attached hydrogens (tertiary/aromatic N) is 1. The minimum Gasteiger partial charge on any atom is -0.393 e. The topological polar surface area (TPSA) is 33.1 Å². The lowest BCUT2D eigenvalue weighted by atomic mass is 10.1. The van der Waals surface area contributed by atoms with Gasteiger partial charge in [-0.2, -0.15) is 0 Å². The lowest BCUT2D eigenvalue weighted by molar-refractivity contribution is 0.169. The van der Waals surface area contributed by atoms with Crippen molar-refractivity contribution in [2.24, 2.45) is 0 Å². The number of hydrogen-bond acceptors (Lipinski definition) is 3. The number of hydrogen-bond donors (Lipinski definition) is 1. The molecule has 2 nitrogen and oxygen atoms in total. The molecule has 1 aromatic heterocycles. The van der Waals surface area contributed by atoms with Crippen molar-refractivity contribution in [2.45, 2.75) is 25.9 Å². The molecular weight excluding hydrogens is 194 g/mol. The van der Waals surface area contributed by atoms with Crippen LogP contribution in [0.2, 0.25) is 0 Å². The van der Waals surface area contributed by atoms with Crippen molar-refractivity contribution in [3.8, 4) is 0 Å². The van der Waals surface area contributed by atoms with Crippen LogP contribution in [0.3, 0.4) is 0 Å². The van der Waals surface area contributed by atoms with Gasteiger partial charge in [0.1, 0.15) is 0 Å². The second kappa shape index (κ2) is 3.67. The average molecular weight is 207 g/mol. The predicted molar refractivity (Wildman–Crippen MR) is 59.7 cm³/mol. The largest absolute Gasteiger partial charge is 0.393 e. The molecule has 1 heterocycles. The number of fused-ring (bicyclic) bond motifs is 1. The zero-order chi connectivity index (χ0) is 10.1. The van der Waals surface area contributed by atoms with E-state index in [0.29, 0.717) is 0 Å². The van der Waals surface area contributed by atoms with Crippen LogP contribution in [0.4, 0.5) is 0 Å². The van der Waals surface area contributed by atoms with Gasteiger partial charge >= 0.3 is 0 Å². The molecule has 0 aliphatic rings. The molecule has 0 saturated carbocycles. The van der Waals surface area contributed by atoms with Crippen molar-refractivity contribution in [3.63, 3.8) is 0 Å². The first-order chi connectivity index (χ1) is 6.68. The number of aromatic nitrogens is 1. The molecule has 14 heavy (non-hydrogen) atoms. The second-order valence-electron chi connectivity index (χ2n) is 3.55. The van der Waals surface area contributed by atoms with Crippen LogP contribution < -0.4 is 0 Å². The summed E-state index contributed by atoms with van der Waals surface area (Å²) in [4.78, 5) is 4.49. The molecule has 0 fully saturated rings. The highest BCUT2D eigenvalue weighted by Gasteiger charge is 2.15. The van der Waals surface area contributed by atoms with Crippen LogP contribution in [0.5, 0.6) is 0 Å². The van der Waals surface area contributed by atoms with Crippen molar-refractivity contribution in [1.29, 1.82) is 0 Å². The molecule has 0 saturated heterocycles. The average Bonchev–Trinajstić information content (AvgIpc) is 2.59. The first kappa shape index (κ1) is 9.62. The summed E-state index contributed by atoms with van der Waals surface area (Å²) in [5, 5.41) is 10.5. The second-order valence-corrected chi connectivity index (χ2v) is 4.61. The lowest BCUT2D eigenvalue weighted by Gasteiger charge is -2.10. The van der Waals surface area contributed by atoms with Crippen LogP contribution in [0.1, 0.15) is 24.8 Å². The van der Waals surface area contributed by atoms with Crippen molar-refractivity contribution in [1.82, 2.24) is 4.98 Å². The van der Waals surface area contributed by atoms with Crippen LogP contribution in [-0.2, 0) is 0 Å². The highest BCUT2D eigenvalue weighted by Crippen LogP contribution is 2.28. The molecule has 0 amide bonds. The fraction of sp³-hybridized carbons (Fsp3) is 0.364. The van der Waals surface area contributed by atoms with Crippen molar-refractivity contribution in [2.75, 3.05) is 0 Å². The molecule has 1 aromatic carbocycles. The van der Waals surface area contributed by atoms with Crippen molar-refractivity contribution in [3.05, 3.63) is 29.3 Å². The third kappa shape index (κ3) is 1.65. The lowest BCUT2D eigenvalue weighted by Crippen LogP contribution is -2.10. The van der Waals surface area contributed by atoms with Crippen LogP contribution >= 0.6 is 11.3 Å². The van der Waals surface area contributed by atoms with Gasteiger partial charge in [-0.15, -0.1) is 11.3 Å². The SMILES string of the molecule is C[C@H](O)[C@@H](C)c1nc2ccccc2s1. The zero-order valence-corrected chi connectivity index (χ0v) is 9.08. The maximum atomic E-state index is 9.47. The summed E-state index contributed by atoms with van der Waals surface area (Å²) in [6, 6.07) is 8.06. The normalized spacial score (nSPS) is 15.6. The third-order valence-electron chi connectivity index (χ3n) is 2.42. The Morgan fingerprint density at radius 3 is 2.64 bits per heavy atom. The Kier molecular flexibility index (Phi) is 2.52. The molecule has 0 radical (unpaired) electrons. The summed E-state index contributed by atoms with van der Waals surface area (Å²) >= 11 is 1.66. The molecule has 2 atom stereocenters. The van der Waals surface area contributed by atoms with E-state index in [2.05, 4.69) is 11.1 Å². The Hall–Kier alpha value is -0.930. The molecular formula is C11H13NOS. The van der Waals surface area contributed by atoms with Crippen molar-refractivity contribution >= 4 is 21.6 Å². The fourth-order valence-corrected chi connectivity index (χ4v) is 2.41. The summed E-state index contributed by atoms with van der Waals surface area (Å²) < 4.78 is 1.19. The Morgan fingerprint density at radius 2 is 2.00 bits per heavy atom. The van der Waals surface area contributed by atoms with E-state index in [1.54, 1.807) is 18.3 Å². The smallest absolute Gasteiger partial charge is 0.0992 e. The maximum Gasteiger partial charge on any atom is 0.0992 e. The van der Waals surface area contributed by atoms with Gasteiger partial charge in [-0.05, 0) is 19.1 Å². The Balaban J connectivity index is 2.45. The number of thiazole rings is 1. The first-order valence-electron chi connectivity index (χ1n) is 4.72. The molecule has 2 rings (SSSR count). The van der Waals surface area contributed by atoms with Gasteiger partial charge in [-0.25, -0.2) is 4.98 Å². The van der Waals surface area contributed by atoms with Crippen molar-refractivity contribution < 1.29 is 5.11 Å². The van der Waals surface area contributed by atoms with Gasteiger partial charge in [0.2, 0.25) is 0 Å². The molecule has 74 valence electrons. The van der Waals surface area contributed by atoms with Gasteiger partial charge in [-0.3, -0.25) is 0 Å². The van der Waals surface area contributed by atoms with Crippen LogP contribution in [0.15, 0.2) is 24.3 Å². The number of aliphatic hydroxyl groups is 1. The number of para-hydroxylation sites is 1. The number of aliphatic hydroxyl groups excluding tert-OH is 1. The van der Waals surface area contributed by atoms with Gasteiger partial charge in [0.15, 0.2) is 0 Å². The molecule has 0 spiro atoms. The fourth-order valence-electron chi connectivity index (χ4n) is 1.29. The van der Waals surface area contributed by atoms with E-state index in [-0.39, 0.29) is 12.0 Å². The highest BCUT2D eigenvalue weighted by atomic mass is 32.1. The Labute approximate surface area is 87.2 Å². The van der Waals surface area contributed by atoms with Gasteiger partial charge in [0.05, 0.1) is 21.3 Å². The van der Waals surface area contributed by atoms with Gasteiger partial charge in [0.25, 0.3) is 0 Å². The third-order valence-corrected chi connectivity index (χ3v) is 3.66. The van der Waals surface area contributed by atoms with E-state index in [0.717, 1.165) is 10.5 Å². The molecule has 0 unspecified atom stereocenters. The molecule has 0 aliphatic carbocycles. The summed E-state index contributed by atoms with van der Waals surface area (Å²) in [6.45, 7) is 3.80. The number of benzene rings is 1. The van der Waals surface area contributed by atoms with E-state index in [9.17, 15) is 5.11 Å². The van der Waals surface area contributed by atoms with E-state index < -0.39 is 0 Å². The maximum absolute atomic E-state index is 9.47. The Morgan fingerprint density at radius 1 is 1.29 bits per heavy atom. The van der Waals surface area contributed by atoms with E-state index in [1.807, 2.05) is 25.1 Å². The molecule has 3 heteroatoms. The standard InChI is InChI=1S/C11H13NOS/c1-7(8(2)13)11-12-9-5-3-4-6-10(9)14-11/h3-8,13H,1-2H3/t7-,8+/m1/s1. The number of rotatable bonds is 2. The summed E-state index contributed by atoms with van der Waals surface area (Å²) in [5.74, 6) is 0.118.